The van der Waals surface area contributed by atoms with Gasteiger partial charge in [0, 0.05) is 4.47 Å². The van der Waals surface area contributed by atoms with Crippen LogP contribution in [0.3, 0.4) is 0 Å². The molecule has 0 saturated carbocycles. The van der Waals surface area contributed by atoms with Crippen molar-refractivity contribution < 1.29 is 0 Å². The Bertz CT molecular complexity index is 684. The summed E-state index contributed by atoms with van der Waals surface area (Å²) in [5.74, 6) is 0. The van der Waals surface area contributed by atoms with E-state index in [4.69, 9.17) is 0 Å². The van der Waals surface area contributed by atoms with E-state index in [1.807, 2.05) is 0 Å². The van der Waals surface area contributed by atoms with Crippen molar-refractivity contribution >= 4 is 39.8 Å². The molecule has 0 spiro atoms. The van der Waals surface area contributed by atoms with Crippen molar-refractivity contribution in [2.75, 3.05) is 0 Å². The highest BCUT2D eigenvalue weighted by molar-refractivity contribution is 9.10. The van der Waals surface area contributed by atoms with Gasteiger partial charge in [-0.05, 0) is 42.4 Å². The van der Waals surface area contributed by atoms with E-state index in [2.05, 4.69) is 102 Å². The van der Waals surface area contributed by atoms with Crippen molar-refractivity contribution in [2.24, 2.45) is 0 Å². The molecular weight excluding hydrogens is 339 g/mol. The van der Waals surface area contributed by atoms with E-state index in [0.717, 1.165) is 0 Å². The monoisotopic (exact) mass is 354 g/mol. The van der Waals surface area contributed by atoms with Gasteiger partial charge in [-0.15, -0.1) is 0 Å². The fourth-order valence-electron chi connectivity index (χ4n) is 2.37. The highest BCUT2D eigenvalue weighted by Crippen LogP contribution is 2.35. The molecule has 0 aliphatic carbocycles. The van der Waals surface area contributed by atoms with Crippen molar-refractivity contribution in [1.29, 1.82) is 0 Å². The van der Waals surface area contributed by atoms with E-state index in [0.29, 0.717) is 0 Å². The zero-order valence-electron chi connectivity index (χ0n) is 11.8. The largest absolute Gasteiger partial charge is 0.0622 e. The fourth-order valence-corrected chi connectivity index (χ4v) is 5.70. The van der Waals surface area contributed by atoms with Crippen LogP contribution >= 0.6 is 23.9 Å². The van der Waals surface area contributed by atoms with Crippen LogP contribution in [0.4, 0.5) is 0 Å². The third-order valence-corrected chi connectivity index (χ3v) is 6.84. The molecule has 0 atom stereocenters. The summed E-state index contributed by atoms with van der Waals surface area (Å²) in [6, 6.07) is 28.2. The van der Waals surface area contributed by atoms with Crippen molar-refractivity contribution in [3.63, 3.8) is 0 Å². The van der Waals surface area contributed by atoms with E-state index in [-0.39, 0.29) is 0 Å². The quantitative estimate of drug-likeness (QED) is 0.606. The van der Waals surface area contributed by atoms with Gasteiger partial charge in [0.15, 0.2) is 0 Å². The Kier molecular flexibility index (Phi) is 4.53. The Morgan fingerprint density at radius 3 is 1.71 bits per heavy atom. The third-order valence-electron chi connectivity index (χ3n) is 3.37. The minimum absolute atomic E-state index is 0.526. The summed E-state index contributed by atoms with van der Waals surface area (Å²) in [7, 11) is -0.526. The Balaban J connectivity index is 2.17. The number of aryl methyl sites for hydroxylation is 1. The maximum Gasteiger partial charge on any atom is 0.0261 e. The molecule has 3 aromatic rings. The van der Waals surface area contributed by atoms with Gasteiger partial charge in [-0.2, -0.15) is 0 Å². The first kappa shape index (κ1) is 14.5. The van der Waals surface area contributed by atoms with Gasteiger partial charge in [0.05, 0.1) is 0 Å². The minimum atomic E-state index is -0.526. The van der Waals surface area contributed by atoms with Gasteiger partial charge in [-0.25, -0.2) is 0 Å². The van der Waals surface area contributed by atoms with Crippen LogP contribution in [-0.4, -0.2) is 0 Å². The molecule has 0 amide bonds. The van der Waals surface area contributed by atoms with Crippen LogP contribution in [0.1, 0.15) is 5.56 Å². The summed E-state index contributed by atoms with van der Waals surface area (Å²) in [6.07, 6.45) is 0. The number of rotatable bonds is 3. The molecule has 3 rings (SSSR count). The lowest BCUT2D eigenvalue weighted by Crippen LogP contribution is -2.21. The Morgan fingerprint density at radius 2 is 1.24 bits per heavy atom. The molecule has 0 radical (unpaired) electrons. The second-order valence-electron chi connectivity index (χ2n) is 4.96. The first-order valence-electron chi connectivity index (χ1n) is 6.92. The fraction of sp³-hybridized carbons (Fsp3) is 0.0526. The van der Waals surface area contributed by atoms with Crippen LogP contribution in [0, 0.1) is 6.92 Å². The van der Waals surface area contributed by atoms with Crippen molar-refractivity contribution in [3.05, 3.63) is 88.9 Å². The molecule has 104 valence electrons. The van der Waals surface area contributed by atoms with Gasteiger partial charge >= 0.3 is 0 Å². The van der Waals surface area contributed by atoms with Gasteiger partial charge in [-0.1, -0.05) is 88.7 Å². The van der Waals surface area contributed by atoms with Crippen LogP contribution in [0.2, 0.25) is 0 Å². The number of hydrogen-bond donors (Lipinski definition) is 0. The molecule has 0 heterocycles. The lowest BCUT2D eigenvalue weighted by Gasteiger charge is -2.20. The van der Waals surface area contributed by atoms with E-state index >= 15 is 0 Å². The molecule has 0 unspecified atom stereocenters. The maximum absolute atomic E-state index is 3.76. The molecule has 2 heteroatoms. The standard InChI is InChI=1S/C19H16BrP/c1-15-12-13-19(18(20)14-15)21(16-8-4-2-5-9-16)17-10-6-3-7-11-17/h2-14H,1H3. The van der Waals surface area contributed by atoms with E-state index < -0.39 is 7.92 Å². The minimum Gasteiger partial charge on any atom is -0.0622 e. The average Bonchev–Trinajstić information content (AvgIpc) is 2.52. The molecule has 0 bridgehead atoms. The first-order chi connectivity index (χ1) is 10.3. The molecule has 3 aromatic carbocycles. The predicted octanol–water partition coefficient (Wildman–Crippen LogP) is 4.52. The second-order valence-corrected chi connectivity index (χ2v) is 8.00. The topological polar surface area (TPSA) is 0 Å². The second kappa shape index (κ2) is 6.56. The summed E-state index contributed by atoms with van der Waals surface area (Å²) < 4.78 is 1.20. The van der Waals surface area contributed by atoms with E-state index in [1.165, 1.54) is 25.9 Å². The summed E-state index contributed by atoms with van der Waals surface area (Å²) in [5.41, 5.74) is 1.28. The van der Waals surface area contributed by atoms with E-state index in [1.54, 1.807) is 0 Å². The summed E-state index contributed by atoms with van der Waals surface area (Å²) in [6.45, 7) is 2.13. The first-order valence-corrected chi connectivity index (χ1v) is 9.05. The van der Waals surface area contributed by atoms with Crippen molar-refractivity contribution in [2.45, 2.75) is 6.92 Å². The smallest absolute Gasteiger partial charge is 0.0261 e. The lowest BCUT2D eigenvalue weighted by atomic mass is 10.2. The molecule has 0 aliphatic rings. The molecule has 0 N–H and O–H groups in total. The van der Waals surface area contributed by atoms with Crippen LogP contribution in [0.15, 0.2) is 83.3 Å². The molecule has 0 saturated heterocycles. The summed E-state index contributed by atoms with van der Waals surface area (Å²) >= 11 is 3.76. The Hall–Kier alpha value is -1.43. The van der Waals surface area contributed by atoms with Crippen LogP contribution in [0.25, 0.3) is 0 Å². The Labute approximate surface area is 135 Å². The summed E-state index contributed by atoms with van der Waals surface area (Å²) in [5, 5.41) is 4.12. The normalized spacial score (nSPS) is 10.8. The van der Waals surface area contributed by atoms with Gasteiger partial charge in [-0.3, -0.25) is 0 Å². The lowest BCUT2D eigenvalue weighted by molar-refractivity contribution is 1.47. The van der Waals surface area contributed by atoms with Gasteiger partial charge < -0.3 is 0 Å². The number of hydrogen-bond acceptors (Lipinski definition) is 0. The molecule has 0 fully saturated rings. The highest BCUT2D eigenvalue weighted by atomic mass is 79.9. The number of benzene rings is 3. The molecule has 0 nitrogen and oxygen atoms in total. The molecular formula is C19H16BrP. The molecule has 0 aliphatic heterocycles. The van der Waals surface area contributed by atoms with Crippen LogP contribution in [0.5, 0.6) is 0 Å². The van der Waals surface area contributed by atoms with Crippen LogP contribution in [-0.2, 0) is 0 Å². The third kappa shape index (κ3) is 3.26. The maximum atomic E-state index is 3.76. The summed E-state index contributed by atoms with van der Waals surface area (Å²) in [4.78, 5) is 0. The van der Waals surface area contributed by atoms with Crippen LogP contribution < -0.4 is 15.9 Å². The highest BCUT2D eigenvalue weighted by Gasteiger charge is 2.18. The Morgan fingerprint density at radius 1 is 0.714 bits per heavy atom. The SMILES string of the molecule is Cc1ccc(P(c2ccccc2)c2ccccc2)c(Br)c1. The number of halogens is 1. The molecule has 21 heavy (non-hydrogen) atoms. The van der Waals surface area contributed by atoms with Crippen molar-refractivity contribution in [1.82, 2.24) is 0 Å². The van der Waals surface area contributed by atoms with Crippen molar-refractivity contribution in [3.8, 4) is 0 Å². The predicted molar refractivity (Wildman–Crippen MR) is 97.6 cm³/mol. The average molecular weight is 355 g/mol. The zero-order chi connectivity index (χ0) is 14.7. The van der Waals surface area contributed by atoms with E-state index in [9.17, 15) is 0 Å². The van der Waals surface area contributed by atoms with Gasteiger partial charge in [0.2, 0.25) is 0 Å². The van der Waals surface area contributed by atoms with Gasteiger partial charge in [0.25, 0.3) is 0 Å². The molecule has 0 aromatic heterocycles. The zero-order valence-corrected chi connectivity index (χ0v) is 14.3. The van der Waals surface area contributed by atoms with Gasteiger partial charge in [0.1, 0.15) is 0 Å².